The lowest BCUT2D eigenvalue weighted by Gasteiger charge is -2.29. The first kappa shape index (κ1) is 63.5. The third-order valence-corrected chi connectivity index (χ3v) is 13.2. The maximum absolute atomic E-state index is 12.9. The SMILES string of the molecule is CCCCCCC/C=C\C/C=C\C/C=C\CCCCCCCCCCCCCCC(=O)NC(COP(=O)([O-])OCC[N+](C)(C)C)C(O)/C=C/CCCCCCCCCCCCCCCC. The van der Waals surface area contributed by atoms with Gasteiger partial charge in [-0.25, -0.2) is 0 Å². The number of nitrogens with zero attached hydrogens (tertiary/aromatic N) is 1. The molecule has 9 heteroatoms. The minimum atomic E-state index is -4.59. The molecule has 0 aliphatic heterocycles. The van der Waals surface area contributed by atoms with Crippen molar-refractivity contribution in [2.24, 2.45) is 0 Å². The summed E-state index contributed by atoms with van der Waals surface area (Å²) in [7, 11) is 1.26. The van der Waals surface area contributed by atoms with Crippen LogP contribution in [0.15, 0.2) is 48.6 Å². The van der Waals surface area contributed by atoms with Gasteiger partial charge in [-0.05, 0) is 57.8 Å². The lowest BCUT2D eigenvalue weighted by Crippen LogP contribution is -2.45. The quantitative estimate of drug-likeness (QED) is 0.0272. The van der Waals surface area contributed by atoms with Gasteiger partial charge in [0.1, 0.15) is 13.2 Å². The van der Waals surface area contributed by atoms with Crippen molar-refractivity contribution < 1.29 is 32.9 Å². The third kappa shape index (κ3) is 50.2. The molecule has 0 bridgehead atoms. The summed E-state index contributed by atoms with van der Waals surface area (Å²) >= 11 is 0. The molecule has 0 aliphatic rings. The summed E-state index contributed by atoms with van der Waals surface area (Å²) in [5, 5.41) is 13.9. The Labute approximate surface area is 403 Å². The lowest BCUT2D eigenvalue weighted by atomic mass is 10.0. The van der Waals surface area contributed by atoms with Crippen LogP contribution in [0.3, 0.4) is 0 Å². The van der Waals surface area contributed by atoms with E-state index < -0.39 is 20.0 Å². The molecule has 65 heavy (non-hydrogen) atoms. The van der Waals surface area contributed by atoms with E-state index in [1.165, 1.54) is 180 Å². The molecule has 0 radical (unpaired) electrons. The van der Waals surface area contributed by atoms with Crippen LogP contribution in [-0.4, -0.2) is 68.5 Å². The molecule has 3 unspecified atom stereocenters. The van der Waals surface area contributed by atoms with E-state index in [0.717, 1.165) is 51.4 Å². The largest absolute Gasteiger partial charge is 0.756 e. The Morgan fingerprint density at radius 2 is 0.892 bits per heavy atom. The molecule has 8 nitrogen and oxygen atoms in total. The van der Waals surface area contributed by atoms with E-state index in [1.54, 1.807) is 6.08 Å². The van der Waals surface area contributed by atoms with Gasteiger partial charge in [0.15, 0.2) is 0 Å². The van der Waals surface area contributed by atoms with Crippen LogP contribution in [0, 0.1) is 0 Å². The first-order chi connectivity index (χ1) is 31.5. The fourth-order valence-electron chi connectivity index (χ4n) is 7.93. The minimum Gasteiger partial charge on any atom is -0.756 e. The molecular formula is C56H107N2O6P. The van der Waals surface area contributed by atoms with E-state index in [9.17, 15) is 19.4 Å². The zero-order valence-electron chi connectivity index (χ0n) is 43.4. The maximum atomic E-state index is 12.9. The summed E-state index contributed by atoms with van der Waals surface area (Å²) in [6.07, 6.45) is 61.7. The molecule has 0 fully saturated rings. The Hall–Kier alpha value is -1.54. The first-order valence-corrected chi connectivity index (χ1v) is 29.0. The van der Waals surface area contributed by atoms with Crippen molar-refractivity contribution in [1.29, 1.82) is 0 Å². The van der Waals surface area contributed by atoms with Gasteiger partial charge in [-0.1, -0.05) is 236 Å². The smallest absolute Gasteiger partial charge is 0.268 e. The number of nitrogens with one attached hydrogen (secondary N) is 1. The number of amides is 1. The second kappa shape index (κ2) is 47.5. The van der Waals surface area contributed by atoms with Gasteiger partial charge in [0.05, 0.1) is 39.9 Å². The molecule has 0 saturated carbocycles. The molecule has 0 aromatic heterocycles. The molecule has 0 saturated heterocycles. The third-order valence-electron chi connectivity index (χ3n) is 12.3. The van der Waals surface area contributed by atoms with Gasteiger partial charge in [0, 0.05) is 6.42 Å². The van der Waals surface area contributed by atoms with Crippen molar-refractivity contribution in [2.75, 3.05) is 40.9 Å². The molecular weight excluding hydrogens is 828 g/mol. The Morgan fingerprint density at radius 3 is 1.29 bits per heavy atom. The Morgan fingerprint density at radius 1 is 0.538 bits per heavy atom. The number of aliphatic hydroxyl groups excluding tert-OH is 1. The average molecular weight is 935 g/mol. The van der Waals surface area contributed by atoms with Crippen molar-refractivity contribution >= 4 is 13.7 Å². The van der Waals surface area contributed by atoms with E-state index in [-0.39, 0.29) is 19.1 Å². The topological polar surface area (TPSA) is 108 Å². The number of hydrogen-bond donors (Lipinski definition) is 2. The maximum Gasteiger partial charge on any atom is 0.268 e. The number of rotatable bonds is 50. The predicted molar refractivity (Wildman–Crippen MR) is 279 cm³/mol. The summed E-state index contributed by atoms with van der Waals surface area (Å²) in [5.74, 6) is -0.199. The zero-order valence-corrected chi connectivity index (χ0v) is 44.3. The molecule has 1 amide bonds. The van der Waals surface area contributed by atoms with Crippen LogP contribution in [0.25, 0.3) is 0 Å². The molecule has 2 N–H and O–H groups in total. The summed E-state index contributed by atoms with van der Waals surface area (Å²) in [5.41, 5.74) is 0. The number of allylic oxidation sites excluding steroid dienone is 7. The van der Waals surface area contributed by atoms with Crippen LogP contribution in [-0.2, 0) is 18.4 Å². The van der Waals surface area contributed by atoms with Crippen LogP contribution >= 0.6 is 7.82 Å². The molecule has 0 aliphatic carbocycles. The highest BCUT2D eigenvalue weighted by atomic mass is 31.2. The fraction of sp³-hybridized carbons (Fsp3) is 0.839. The lowest BCUT2D eigenvalue weighted by molar-refractivity contribution is -0.870. The molecule has 0 spiro atoms. The highest BCUT2D eigenvalue weighted by Gasteiger charge is 2.23. The van der Waals surface area contributed by atoms with Gasteiger partial charge >= 0.3 is 0 Å². The molecule has 0 aromatic rings. The van der Waals surface area contributed by atoms with Gasteiger partial charge < -0.3 is 28.8 Å². The minimum absolute atomic E-state index is 0.00182. The number of phosphoric ester groups is 1. The highest BCUT2D eigenvalue weighted by Crippen LogP contribution is 2.38. The Balaban J connectivity index is 4.20. The van der Waals surface area contributed by atoms with Crippen molar-refractivity contribution in [3.05, 3.63) is 48.6 Å². The van der Waals surface area contributed by atoms with Crippen LogP contribution in [0.1, 0.15) is 251 Å². The summed E-state index contributed by atoms with van der Waals surface area (Å²) in [6.45, 7) is 4.65. The monoisotopic (exact) mass is 935 g/mol. The first-order valence-electron chi connectivity index (χ1n) is 27.5. The second-order valence-corrected chi connectivity index (χ2v) is 21.3. The van der Waals surface area contributed by atoms with Crippen LogP contribution in [0.2, 0.25) is 0 Å². The molecule has 3 atom stereocenters. The number of aliphatic hydroxyl groups is 1. The van der Waals surface area contributed by atoms with Crippen LogP contribution < -0.4 is 10.2 Å². The van der Waals surface area contributed by atoms with Gasteiger partial charge in [-0.15, -0.1) is 0 Å². The standard InChI is InChI=1S/C56H107N2O6P/c1-6-8-10-12-14-16-18-20-22-24-25-26-27-28-29-30-31-32-33-34-36-38-40-42-44-46-48-50-56(60)57-54(53-64-65(61,62)63-52-51-58(3,4)5)55(59)49-47-45-43-41-39-37-35-23-21-19-17-15-13-11-9-7-2/h18,20,24-25,27-28,47,49,54-55,59H,6-17,19,21-23,26,29-46,48,50-53H2,1-5H3,(H-,57,60,61,62)/b20-18-,25-24-,28-27-,49-47+. The number of phosphoric acid groups is 1. The van der Waals surface area contributed by atoms with Crippen molar-refractivity contribution in [2.45, 2.75) is 264 Å². The van der Waals surface area contributed by atoms with E-state index in [1.807, 2.05) is 27.2 Å². The number of carbonyl (C=O) groups is 1. The molecule has 0 heterocycles. The van der Waals surface area contributed by atoms with Crippen LogP contribution in [0.5, 0.6) is 0 Å². The van der Waals surface area contributed by atoms with Gasteiger partial charge in [-0.2, -0.15) is 0 Å². The number of hydrogen-bond acceptors (Lipinski definition) is 6. The van der Waals surface area contributed by atoms with E-state index >= 15 is 0 Å². The van der Waals surface area contributed by atoms with Crippen molar-refractivity contribution in [1.82, 2.24) is 5.32 Å². The average Bonchev–Trinajstić information content (AvgIpc) is 3.26. The van der Waals surface area contributed by atoms with Crippen LogP contribution in [0.4, 0.5) is 0 Å². The van der Waals surface area contributed by atoms with Gasteiger partial charge in [0.25, 0.3) is 7.82 Å². The summed E-state index contributed by atoms with van der Waals surface area (Å²) in [4.78, 5) is 25.4. The van der Waals surface area contributed by atoms with E-state index in [4.69, 9.17) is 9.05 Å². The predicted octanol–water partition coefficient (Wildman–Crippen LogP) is 15.7. The zero-order chi connectivity index (χ0) is 47.8. The number of carbonyl (C=O) groups excluding carboxylic acids is 1. The van der Waals surface area contributed by atoms with Crippen molar-refractivity contribution in [3.63, 3.8) is 0 Å². The molecule has 382 valence electrons. The Kier molecular flexibility index (Phi) is 46.4. The highest BCUT2D eigenvalue weighted by molar-refractivity contribution is 7.45. The second-order valence-electron chi connectivity index (χ2n) is 19.9. The Bertz CT molecular complexity index is 1200. The van der Waals surface area contributed by atoms with E-state index in [2.05, 4.69) is 55.6 Å². The van der Waals surface area contributed by atoms with E-state index in [0.29, 0.717) is 17.4 Å². The fourth-order valence-corrected chi connectivity index (χ4v) is 8.65. The number of likely N-dealkylation sites (N-methyl/N-ethyl adjacent to an activating group) is 1. The van der Waals surface area contributed by atoms with Crippen molar-refractivity contribution in [3.8, 4) is 0 Å². The summed E-state index contributed by atoms with van der Waals surface area (Å²) < 4.78 is 23.3. The van der Waals surface area contributed by atoms with Gasteiger partial charge in [0.2, 0.25) is 5.91 Å². The summed E-state index contributed by atoms with van der Waals surface area (Å²) in [6, 6.07) is -0.888. The number of quaternary nitrogens is 1. The molecule has 0 rings (SSSR count). The number of unbranched alkanes of at least 4 members (excludes halogenated alkanes) is 31. The normalized spacial score (nSPS) is 14.4. The van der Waals surface area contributed by atoms with Gasteiger partial charge in [-0.3, -0.25) is 9.36 Å². The molecule has 0 aromatic carbocycles.